The van der Waals surface area contributed by atoms with Crippen LogP contribution in [0, 0.1) is 18.8 Å². The maximum absolute atomic E-state index is 12.8. The molecule has 1 saturated heterocycles. The molecule has 5 nitrogen and oxygen atoms in total. The van der Waals surface area contributed by atoms with Crippen LogP contribution >= 0.6 is 0 Å². The summed E-state index contributed by atoms with van der Waals surface area (Å²) in [6.07, 6.45) is 2.44. The number of amides is 1. The van der Waals surface area contributed by atoms with Crippen LogP contribution in [-0.4, -0.2) is 39.8 Å². The van der Waals surface area contributed by atoms with E-state index in [1.807, 2.05) is 47.7 Å². The zero-order valence-corrected chi connectivity index (χ0v) is 15.6. The number of benzene rings is 1. The molecule has 2 fully saturated rings. The summed E-state index contributed by atoms with van der Waals surface area (Å²) in [5, 5.41) is 4.45. The summed E-state index contributed by atoms with van der Waals surface area (Å²) < 4.78 is 8.01. The van der Waals surface area contributed by atoms with Gasteiger partial charge >= 0.3 is 0 Å². The van der Waals surface area contributed by atoms with Gasteiger partial charge in [-0.25, -0.2) is 0 Å². The molecule has 2 aliphatic rings. The van der Waals surface area contributed by atoms with Crippen molar-refractivity contribution >= 4 is 5.91 Å². The Morgan fingerprint density at radius 1 is 1.19 bits per heavy atom. The number of carbonyl (C=O) groups excluding carboxylic acids is 1. The van der Waals surface area contributed by atoms with Gasteiger partial charge in [0.2, 0.25) is 0 Å². The summed E-state index contributed by atoms with van der Waals surface area (Å²) in [5.41, 5.74) is 2.86. The molecule has 2 aromatic rings. The Morgan fingerprint density at radius 3 is 2.50 bits per heavy atom. The number of fused-ring (bicyclic) bond motifs is 1. The second-order valence-electron chi connectivity index (χ2n) is 7.61. The third-order valence-electron chi connectivity index (χ3n) is 5.82. The summed E-state index contributed by atoms with van der Waals surface area (Å²) in [4.78, 5) is 14.8. The van der Waals surface area contributed by atoms with Crippen LogP contribution in [0.3, 0.4) is 0 Å². The maximum atomic E-state index is 12.8. The fourth-order valence-corrected chi connectivity index (χ4v) is 4.43. The van der Waals surface area contributed by atoms with Crippen molar-refractivity contribution in [3.63, 3.8) is 0 Å². The molecule has 0 spiro atoms. The number of hydrogen-bond donors (Lipinski definition) is 0. The van der Waals surface area contributed by atoms with Crippen LogP contribution in [0.2, 0.25) is 0 Å². The number of aromatic nitrogens is 2. The van der Waals surface area contributed by atoms with Crippen molar-refractivity contribution < 1.29 is 9.53 Å². The van der Waals surface area contributed by atoms with Gasteiger partial charge in [0.15, 0.2) is 5.69 Å². The number of hydrogen-bond acceptors (Lipinski definition) is 3. The Balaban J connectivity index is 1.31. The Labute approximate surface area is 154 Å². The predicted octanol–water partition coefficient (Wildman–Crippen LogP) is 3.28. The van der Waals surface area contributed by atoms with Gasteiger partial charge in [-0.3, -0.25) is 9.48 Å². The first-order chi connectivity index (χ1) is 12.6. The second kappa shape index (κ2) is 7.23. The lowest BCUT2D eigenvalue weighted by Gasteiger charge is -2.19. The van der Waals surface area contributed by atoms with Gasteiger partial charge in [-0.2, -0.15) is 5.10 Å². The highest BCUT2D eigenvalue weighted by Crippen LogP contribution is 2.40. The average molecular weight is 353 g/mol. The van der Waals surface area contributed by atoms with E-state index in [-0.39, 0.29) is 5.91 Å². The van der Waals surface area contributed by atoms with Crippen LogP contribution in [0.4, 0.5) is 0 Å². The molecule has 1 unspecified atom stereocenters. The fraction of sp³-hybridized carbons (Fsp3) is 0.524. The fourth-order valence-electron chi connectivity index (χ4n) is 4.43. The second-order valence-corrected chi connectivity index (χ2v) is 7.61. The number of ether oxygens (including phenoxy) is 1. The van der Waals surface area contributed by atoms with Gasteiger partial charge in [0.05, 0.1) is 12.7 Å². The molecule has 0 N–H and O–H groups in total. The Morgan fingerprint density at radius 2 is 1.88 bits per heavy atom. The van der Waals surface area contributed by atoms with Crippen LogP contribution in [0.15, 0.2) is 36.4 Å². The summed E-state index contributed by atoms with van der Waals surface area (Å²) in [5.74, 6) is 1.21. The molecule has 4 rings (SSSR count). The molecule has 26 heavy (non-hydrogen) atoms. The minimum absolute atomic E-state index is 0.0800. The molecule has 1 aromatic carbocycles. The average Bonchev–Trinajstić information content (AvgIpc) is 3.32. The van der Waals surface area contributed by atoms with Gasteiger partial charge in [0.25, 0.3) is 5.91 Å². The molecule has 138 valence electrons. The molecule has 1 aliphatic carbocycles. The summed E-state index contributed by atoms with van der Waals surface area (Å²) in [7, 11) is 0. The van der Waals surface area contributed by atoms with Crippen molar-refractivity contribution in [1.82, 2.24) is 14.7 Å². The van der Waals surface area contributed by atoms with E-state index in [0.717, 1.165) is 38.2 Å². The Bertz CT molecular complexity index is 757. The van der Waals surface area contributed by atoms with Gasteiger partial charge in [-0.1, -0.05) is 30.3 Å². The highest BCUT2D eigenvalue weighted by Gasteiger charge is 2.43. The van der Waals surface area contributed by atoms with Gasteiger partial charge < -0.3 is 9.64 Å². The van der Waals surface area contributed by atoms with Gasteiger partial charge in [0.1, 0.15) is 0 Å². The molecule has 0 bridgehead atoms. The molecule has 5 heteroatoms. The van der Waals surface area contributed by atoms with E-state index in [2.05, 4.69) is 17.2 Å². The van der Waals surface area contributed by atoms with Crippen LogP contribution in [-0.2, 0) is 17.9 Å². The standard InChI is InChI=1S/C21H27N3O2/c1-3-24-15(2)9-20(22-24)21(25)23-12-17-10-19(11-18(17)13-23)26-14-16-7-5-4-6-8-16/h4-9,17-19H,3,10-14H2,1-2H3/t17-,18+,19?. The van der Waals surface area contributed by atoms with Crippen molar-refractivity contribution in [2.45, 2.75) is 45.9 Å². The third kappa shape index (κ3) is 3.40. The number of likely N-dealkylation sites (tertiary alicyclic amines) is 1. The van der Waals surface area contributed by atoms with Crippen molar-refractivity contribution in [2.24, 2.45) is 11.8 Å². The van der Waals surface area contributed by atoms with E-state index in [1.165, 1.54) is 5.56 Å². The van der Waals surface area contributed by atoms with Crippen molar-refractivity contribution in [3.8, 4) is 0 Å². The first kappa shape index (κ1) is 17.3. The lowest BCUT2D eigenvalue weighted by Crippen LogP contribution is -2.31. The molecule has 1 saturated carbocycles. The van der Waals surface area contributed by atoms with E-state index >= 15 is 0 Å². The van der Waals surface area contributed by atoms with Gasteiger partial charge in [-0.15, -0.1) is 0 Å². The Hall–Kier alpha value is -2.14. The normalized spacial score (nSPS) is 24.8. The summed E-state index contributed by atoms with van der Waals surface area (Å²) in [6.45, 7) is 7.20. The first-order valence-electron chi connectivity index (χ1n) is 9.63. The molecule has 3 atom stereocenters. The summed E-state index contributed by atoms with van der Waals surface area (Å²) >= 11 is 0. The van der Waals surface area contributed by atoms with E-state index in [0.29, 0.717) is 30.2 Å². The van der Waals surface area contributed by atoms with Crippen LogP contribution in [0.1, 0.15) is 41.5 Å². The Kier molecular flexibility index (Phi) is 4.81. The number of carbonyl (C=O) groups is 1. The SMILES string of the molecule is CCn1nc(C(=O)N2C[C@H]3CC(OCc4ccccc4)C[C@H]3C2)cc1C. The van der Waals surface area contributed by atoms with Crippen molar-refractivity contribution in [1.29, 1.82) is 0 Å². The largest absolute Gasteiger partial charge is 0.374 e. The van der Waals surface area contributed by atoms with Crippen LogP contribution in [0.5, 0.6) is 0 Å². The minimum Gasteiger partial charge on any atom is -0.374 e. The smallest absolute Gasteiger partial charge is 0.274 e. The van der Waals surface area contributed by atoms with Gasteiger partial charge in [0, 0.05) is 25.3 Å². The molecular formula is C21H27N3O2. The minimum atomic E-state index is 0.0800. The number of nitrogens with zero attached hydrogens (tertiary/aromatic N) is 3. The molecule has 1 amide bonds. The highest BCUT2D eigenvalue weighted by molar-refractivity contribution is 5.92. The van der Waals surface area contributed by atoms with Crippen molar-refractivity contribution in [2.75, 3.05) is 13.1 Å². The van der Waals surface area contributed by atoms with E-state index < -0.39 is 0 Å². The number of rotatable bonds is 5. The van der Waals surface area contributed by atoms with Crippen molar-refractivity contribution in [3.05, 3.63) is 53.3 Å². The molecule has 1 aliphatic heterocycles. The molecule has 1 aromatic heterocycles. The molecular weight excluding hydrogens is 326 g/mol. The van der Waals surface area contributed by atoms with Crippen LogP contribution in [0.25, 0.3) is 0 Å². The van der Waals surface area contributed by atoms with E-state index in [1.54, 1.807) is 0 Å². The zero-order valence-electron chi connectivity index (χ0n) is 15.6. The number of aryl methyl sites for hydroxylation is 2. The van der Waals surface area contributed by atoms with Crippen LogP contribution < -0.4 is 0 Å². The molecule has 0 radical (unpaired) electrons. The third-order valence-corrected chi connectivity index (χ3v) is 5.82. The maximum Gasteiger partial charge on any atom is 0.274 e. The predicted molar refractivity (Wildman–Crippen MR) is 99.8 cm³/mol. The molecule has 2 heterocycles. The monoisotopic (exact) mass is 353 g/mol. The quantitative estimate of drug-likeness (QED) is 0.829. The topological polar surface area (TPSA) is 47.4 Å². The van der Waals surface area contributed by atoms with Gasteiger partial charge in [-0.05, 0) is 50.2 Å². The summed E-state index contributed by atoms with van der Waals surface area (Å²) in [6, 6.07) is 12.2. The first-order valence-corrected chi connectivity index (χ1v) is 9.63. The zero-order chi connectivity index (χ0) is 18.1. The lowest BCUT2D eigenvalue weighted by atomic mass is 10.0. The van der Waals surface area contributed by atoms with E-state index in [4.69, 9.17) is 4.74 Å². The lowest BCUT2D eigenvalue weighted by molar-refractivity contribution is 0.0367. The van der Waals surface area contributed by atoms with E-state index in [9.17, 15) is 4.79 Å². The highest BCUT2D eigenvalue weighted by atomic mass is 16.5.